The summed E-state index contributed by atoms with van der Waals surface area (Å²) in [6.07, 6.45) is -1.62. The van der Waals surface area contributed by atoms with Gasteiger partial charge in [0.15, 0.2) is 0 Å². The van der Waals surface area contributed by atoms with E-state index in [0.29, 0.717) is 12.3 Å². The van der Waals surface area contributed by atoms with Crippen molar-refractivity contribution in [1.82, 2.24) is 9.78 Å². The molecule has 0 spiro atoms. The molecular weight excluding hydrogens is 287 g/mol. The van der Waals surface area contributed by atoms with Crippen molar-refractivity contribution in [3.63, 3.8) is 0 Å². The van der Waals surface area contributed by atoms with Gasteiger partial charge >= 0.3 is 6.18 Å². The van der Waals surface area contributed by atoms with Crippen molar-refractivity contribution in [2.45, 2.75) is 6.18 Å². The van der Waals surface area contributed by atoms with Crippen LogP contribution in [0.1, 0.15) is 5.56 Å². The lowest BCUT2D eigenvalue weighted by Gasteiger charge is -2.13. The number of anilines is 1. The van der Waals surface area contributed by atoms with Gasteiger partial charge in [-0.25, -0.2) is 4.68 Å². The maximum Gasteiger partial charge on any atom is 0.416 e. The number of rotatable bonds is 5. The van der Waals surface area contributed by atoms with Gasteiger partial charge < -0.3 is 4.74 Å². The van der Waals surface area contributed by atoms with Crippen LogP contribution in [0.25, 0.3) is 5.69 Å². The van der Waals surface area contributed by atoms with Crippen LogP contribution in [0, 0.1) is 0 Å². The molecule has 1 heterocycles. The van der Waals surface area contributed by atoms with E-state index in [9.17, 15) is 18.4 Å². The minimum Gasteiger partial charge on any atom is -0.383 e. The first-order valence-electron chi connectivity index (χ1n) is 6.09. The molecule has 2 aromatic rings. The Morgan fingerprint density at radius 2 is 2.14 bits per heavy atom. The van der Waals surface area contributed by atoms with E-state index < -0.39 is 11.7 Å². The molecule has 114 valence electrons. The molecule has 0 atom stereocenters. The molecule has 5 nitrogen and oxygen atoms in total. The fourth-order valence-electron chi connectivity index (χ4n) is 1.72. The van der Waals surface area contributed by atoms with E-state index in [1.807, 2.05) is 0 Å². The Balaban J connectivity index is 2.22. The molecule has 0 aliphatic carbocycles. The van der Waals surface area contributed by atoms with Gasteiger partial charge in [0.25, 0.3) is 0 Å². The van der Waals surface area contributed by atoms with Crippen molar-refractivity contribution >= 4 is 5.69 Å². The summed E-state index contributed by atoms with van der Waals surface area (Å²) in [6.45, 7) is 0.538. The van der Waals surface area contributed by atoms with Crippen LogP contribution in [0.15, 0.2) is 36.7 Å². The molecule has 21 heavy (non-hydrogen) atoms. The predicted molar refractivity (Wildman–Crippen MR) is 69.6 cm³/mol. The van der Waals surface area contributed by atoms with Gasteiger partial charge in [-0.05, 0) is 18.2 Å². The molecule has 0 radical (unpaired) electrons. The van der Waals surface area contributed by atoms with E-state index in [1.54, 1.807) is 0 Å². The van der Waals surface area contributed by atoms with Crippen LogP contribution in [0.2, 0.25) is 0 Å². The second-order valence-corrected chi connectivity index (χ2v) is 4.31. The van der Waals surface area contributed by atoms with Gasteiger partial charge in [0, 0.05) is 7.11 Å². The Labute approximate surface area is 119 Å². The van der Waals surface area contributed by atoms with Crippen LogP contribution in [-0.4, -0.2) is 35.2 Å². The molecule has 0 saturated carbocycles. The van der Waals surface area contributed by atoms with Crippen molar-refractivity contribution in [1.29, 1.82) is 0 Å². The standard InChI is InChI=1S/C13H14F3N3O2/c1-21-6-5-19(20)12-8-17-18(9-12)11-4-2-3-10(7-11)13(14,15)16/h2-4,7-9,20H,5-6H2,1H3. The highest BCUT2D eigenvalue weighted by Crippen LogP contribution is 2.30. The Hall–Kier alpha value is -2.06. The van der Waals surface area contributed by atoms with Gasteiger partial charge in [0.1, 0.15) is 5.69 Å². The number of ether oxygens (including phenoxy) is 1. The highest BCUT2D eigenvalue weighted by molar-refractivity contribution is 5.44. The molecule has 1 aromatic heterocycles. The summed E-state index contributed by atoms with van der Waals surface area (Å²) in [4.78, 5) is 0. The van der Waals surface area contributed by atoms with Crippen molar-refractivity contribution in [2.24, 2.45) is 0 Å². The molecular formula is C13H14F3N3O2. The van der Waals surface area contributed by atoms with Crippen LogP contribution in [-0.2, 0) is 10.9 Å². The summed E-state index contributed by atoms with van der Waals surface area (Å²) in [5, 5.41) is 14.6. The van der Waals surface area contributed by atoms with E-state index in [1.165, 1.54) is 36.3 Å². The maximum atomic E-state index is 12.7. The first kappa shape index (κ1) is 15.3. The Morgan fingerprint density at radius 3 is 2.81 bits per heavy atom. The molecule has 0 saturated heterocycles. The number of methoxy groups -OCH3 is 1. The number of nitrogens with zero attached hydrogens (tertiary/aromatic N) is 3. The van der Waals surface area contributed by atoms with E-state index in [0.717, 1.165) is 17.2 Å². The largest absolute Gasteiger partial charge is 0.416 e. The fraction of sp³-hybridized carbons (Fsp3) is 0.308. The quantitative estimate of drug-likeness (QED) is 0.863. The first-order chi connectivity index (χ1) is 9.91. The first-order valence-corrected chi connectivity index (χ1v) is 6.09. The highest BCUT2D eigenvalue weighted by Gasteiger charge is 2.30. The third kappa shape index (κ3) is 3.73. The number of hydroxylamine groups is 1. The lowest BCUT2D eigenvalue weighted by Crippen LogP contribution is -2.22. The van der Waals surface area contributed by atoms with Gasteiger partial charge in [0.2, 0.25) is 0 Å². The molecule has 0 fully saturated rings. The van der Waals surface area contributed by atoms with Crippen LogP contribution >= 0.6 is 0 Å². The van der Waals surface area contributed by atoms with Crippen molar-refractivity contribution < 1.29 is 23.1 Å². The molecule has 0 bridgehead atoms. The number of halogens is 3. The van der Waals surface area contributed by atoms with Crippen LogP contribution in [0.3, 0.4) is 0 Å². The fourth-order valence-corrected chi connectivity index (χ4v) is 1.72. The van der Waals surface area contributed by atoms with Gasteiger partial charge in [0.05, 0.1) is 36.8 Å². The molecule has 0 aliphatic heterocycles. The predicted octanol–water partition coefficient (Wildman–Crippen LogP) is 2.73. The third-order valence-electron chi connectivity index (χ3n) is 2.81. The lowest BCUT2D eigenvalue weighted by molar-refractivity contribution is -0.137. The number of hydrogen-bond acceptors (Lipinski definition) is 4. The summed E-state index contributed by atoms with van der Waals surface area (Å²) in [6, 6.07) is 4.79. The SMILES string of the molecule is COCCN(O)c1cnn(-c2cccc(C(F)(F)F)c2)c1. The minimum absolute atomic E-state index is 0.227. The molecule has 0 aliphatic rings. The summed E-state index contributed by atoms with van der Waals surface area (Å²) in [5.74, 6) is 0. The zero-order valence-corrected chi connectivity index (χ0v) is 11.2. The number of alkyl halides is 3. The summed E-state index contributed by atoms with van der Waals surface area (Å²) >= 11 is 0. The molecule has 2 rings (SSSR count). The Bertz CT molecular complexity index is 598. The van der Waals surface area contributed by atoms with Crippen LogP contribution in [0.5, 0.6) is 0 Å². The third-order valence-corrected chi connectivity index (χ3v) is 2.81. The van der Waals surface area contributed by atoms with Crippen molar-refractivity contribution in [3.05, 3.63) is 42.2 Å². The van der Waals surface area contributed by atoms with E-state index >= 15 is 0 Å². The monoisotopic (exact) mass is 301 g/mol. The van der Waals surface area contributed by atoms with Gasteiger partial charge in [-0.2, -0.15) is 18.3 Å². The normalized spacial score (nSPS) is 11.7. The molecule has 1 N–H and O–H groups in total. The van der Waals surface area contributed by atoms with E-state index in [4.69, 9.17) is 4.74 Å². The summed E-state index contributed by atoms with van der Waals surface area (Å²) in [5.41, 5.74) is -0.127. The second-order valence-electron chi connectivity index (χ2n) is 4.31. The zero-order chi connectivity index (χ0) is 15.5. The zero-order valence-electron chi connectivity index (χ0n) is 11.2. The topological polar surface area (TPSA) is 50.5 Å². The average molecular weight is 301 g/mol. The Morgan fingerprint density at radius 1 is 1.38 bits per heavy atom. The molecule has 1 aromatic carbocycles. The molecule has 0 unspecified atom stereocenters. The number of benzene rings is 1. The van der Waals surface area contributed by atoms with E-state index in [-0.39, 0.29) is 12.2 Å². The van der Waals surface area contributed by atoms with Crippen LogP contribution in [0.4, 0.5) is 18.9 Å². The second kappa shape index (κ2) is 6.15. The number of hydrogen-bond donors (Lipinski definition) is 1. The van der Waals surface area contributed by atoms with E-state index in [2.05, 4.69) is 5.10 Å². The number of aromatic nitrogens is 2. The maximum absolute atomic E-state index is 12.7. The highest BCUT2D eigenvalue weighted by atomic mass is 19.4. The van der Waals surface area contributed by atoms with Crippen molar-refractivity contribution in [2.75, 3.05) is 25.3 Å². The Kier molecular flexibility index (Phi) is 4.49. The summed E-state index contributed by atoms with van der Waals surface area (Å²) in [7, 11) is 1.50. The van der Waals surface area contributed by atoms with Gasteiger partial charge in [-0.15, -0.1) is 0 Å². The van der Waals surface area contributed by atoms with Gasteiger partial charge in [-0.3, -0.25) is 10.3 Å². The molecule has 0 amide bonds. The smallest absolute Gasteiger partial charge is 0.383 e. The lowest BCUT2D eigenvalue weighted by atomic mass is 10.2. The van der Waals surface area contributed by atoms with Crippen LogP contribution < -0.4 is 5.06 Å². The van der Waals surface area contributed by atoms with Gasteiger partial charge in [-0.1, -0.05) is 6.07 Å². The molecule has 8 heteroatoms. The summed E-state index contributed by atoms with van der Waals surface area (Å²) < 4.78 is 44.1. The van der Waals surface area contributed by atoms with Crippen molar-refractivity contribution in [3.8, 4) is 5.69 Å². The average Bonchev–Trinajstić information content (AvgIpc) is 2.94. The minimum atomic E-state index is -4.41.